The Labute approximate surface area is 444 Å². The molecule has 2 aromatic heterocycles. The van der Waals surface area contributed by atoms with Gasteiger partial charge in [-0.05, 0) is 84.5 Å². The fourth-order valence-electron chi connectivity index (χ4n) is 9.13. The van der Waals surface area contributed by atoms with Crippen molar-refractivity contribution in [3.05, 3.63) is 114 Å². The van der Waals surface area contributed by atoms with Crippen molar-refractivity contribution in [1.82, 2.24) is 51.8 Å². The van der Waals surface area contributed by atoms with Gasteiger partial charge in [0.25, 0.3) is 0 Å². The van der Waals surface area contributed by atoms with Crippen LogP contribution in [0.25, 0.3) is 10.9 Å². The lowest BCUT2D eigenvalue weighted by atomic mass is 9.99. The number of aliphatic hydroxyl groups excluding tert-OH is 1. The largest absolute Gasteiger partial charge is 0.508 e. The number of aromatic nitrogens is 3. The van der Waals surface area contributed by atoms with Crippen molar-refractivity contribution in [2.75, 3.05) is 13.2 Å². The quantitative estimate of drug-likeness (QED) is 0.0361. The number of amides is 7. The monoisotopic (exact) mass is 1060 g/mol. The van der Waals surface area contributed by atoms with E-state index >= 15 is 0 Å². The summed E-state index contributed by atoms with van der Waals surface area (Å²) in [5.74, 6) is -7.54. The summed E-state index contributed by atoms with van der Waals surface area (Å²) < 4.78 is 0. The van der Waals surface area contributed by atoms with E-state index in [1.807, 2.05) is 38.1 Å². The van der Waals surface area contributed by atoms with E-state index in [1.54, 1.807) is 20.0 Å². The lowest BCUT2D eigenvalue weighted by molar-refractivity contribution is -0.143. The molecule has 1 saturated heterocycles. The second kappa shape index (κ2) is 27.0. The second-order valence-corrected chi connectivity index (χ2v) is 20.1. The normalized spacial score (nSPS) is 16.1. The number of phenols is 2. The van der Waals surface area contributed by atoms with Crippen LogP contribution in [-0.2, 0) is 64.0 Å². The molecule has 77 heavy (non-hydrogen) atoms. The summed E-state index contributed by atoms with van der Waals surface area (Å²) in [7, 11) is 0. The number of nitrogens with one attached hydrogen (secondary N) is 8. The van der Waals surface area contributed by atoms with E-state index in [0.717, 1.165) is 16.5 Å². The van der Waals surface area contributed by atoms with Crippen LogP contribution in [0.1, 0.15) is 69.3 Å². The number of H-pyrrole nitrogens is 2. The maximum absolute atomic E-state index is 14.6. The van der Waals surface area contributed by atoms with Crippen LogP contribution in [0.4, 0.5) is 0 Å². The van der Waals surface area contributed by atoms with E-state index in [9.17, 15) is 58.8 Å². The highest BCUT2D eigenvalue weighted by Gasteiger charge is 2.41. The number of fused-ring (bicyclic) bond motifs is 1. The molecule has 7 amide bonds. The third-order valence-corrected chi connectivity index (χ3v) is 13.3. The fraction of sp³-hybridized carbons (Fsp3) is 0.426. The Morgan fingerprint density at radius 3 is 1.81 bits per heavy atom. The molecule has 8 atom stereocenters. The molecule has 0 bridgehead atoms. The molecule has 23 heteroatoms. The number of imidazole rings is 1. The number of nitrogens with zero attached hydrogens (tertiary/aromatic N) is 2. The number of para-hydroxylation sites is 1. The van der Waals surface area contributed by atoms with Gasteiger partial charge in [0.15, 0.2) is 0 Å². The van der Waals surface area contributed by atoms with Gasteiger partial charge in [-0.1, -0.05) is 70.2 Å². The van der Waals surface area contributed by atoms with Crippen LogP contribution in [0.2, 0.25) is 0 Å². The molecular weight excluding hydrogens is 995 g/mol. The predicted octanol–water partition coefficient (Wildman–Crippen LogP) is 0.579. The van der Waals surface area contributed by atoms with Gasteiger partial charge < -0.3 is 72.9 Å². The first-order chi connectivity index (χ1) is 36.7. The minimum Gasteiger partial charge on any atom is -0.508 e. The number of likely N-dealkylation sites (tertiary alicyclic amines) is 1. The molecule has 0 saturated carbocycles. The van der Waals surface area contributed by atoms with Gasteiger partial charge in [0.05, 0.1) is 19.0 Å². The molecule has 3 heterocycles. The number of nitrogens with two attached hydrogens (primary N) is 1. The number of carbonyl (C=O) groups is 8. The molecule has 0 unspecified atom stereocenters. The first-order valence-corrected chi connectivity index (χ1v) is 25.5. The molecule has 0 aliphatic carbocycles. The minimum absolute atomic E-state index is 0.0614. The van der Waals surface area contributed by atoms with Crippen molar-refractivity contribution in [1.29, 1.82) is 0 Å². The zero-order chi connectivity index (χ0) is 55.9. The van der Waals surface area contributed by atoms with Crippen LogP contribution in [0.3, 0.4) is 0 Å². The first kappa shape index (κ1) is 58.0. The summed E-state index contributed by atoms with van der Waals surface area (Å²) >= 11 is 0. The van der Waals surface area contributed by atoms with Crippen molar-refractivity contribution < 1.29 is 58.8 Å². The van der Waals surface area contributed by atoms with Crippen LogP contribution in [-0.4, -0.2) is 149 Å². The predicted molar refractivity (Wildman–Crippen MR) is 281 cm³/mol. The zero-order valence-electron chi connectivity index (χ0n) is 43.3. The molecule has 412 valence electrons. The van der Waals surface area contributed by atoms with E-state index in [0.29, 0.717) is 23.2 Å². The minimum atomic E-state index is -1.53. The topological polar surface area (TPSA) is 363 Å². The maximum Gasteiger partial charge on any atom is 0.326 e. The van der Waals surface area contributed by atoms with Crippen LogP contribution in [0.5, 0.6) is 11.5 Å². The lowest BCUT2D eigenvalue weighted by Gasteiger charge is -2.31. The Morgan fingerprint density at radius 2 is 1.23 bits per heavy atom. The molecule has 0 radical (unpaired) electrons. The number of carbonyl (C=O) groups excluding carboxylic acids is 7. The molecule has 1 aliphatic heterocycles. The summed E-state index contributed by atoms with van der Waals surface area (Å²) in [5.41, 5.74) is 9.30. The molecule has 6 rings (SSSR count). The van der Waals surface area contributed by atoms with E-state index < -0.39 is 108 Å². The van der Waals surface area contributed by atoms with E-state index in [4.69, 9.17) is 5.73 Å². The summed E-state index contributed by atoms with van der Waals surface area (Å²) in [6.07, 6.45) is 4.77. The van der Waals surface area contributed by atoms with Gasteiger partial charge in [0.1, 0.15) is 53.8 Å². The molecule has 14 N–H and O–H groups in total. The Morgan fingerprint density at radius 1 is 0.675 bits per heavy atom. The average molecular weight is 1060 g/mol. The third-order valence-electron chi connectivity index (χ3n) is 13.3. The highest BCUT2D eigenvalue weighted by Crippen LogP contribution is 2.22. The molecule has 3 aromatic carbocycles. The van der Waals surface area contributed by atoms with Gasteiger partial charge in [-0.3, -0.25) is 33.6 Å². The Kier molecular flexibility index (Phi) is 20.3. The summed E-state index contributed by atoms with van der Waals surface area (Å²) in [4.78, 5) is 122. The van der Waals surface area contributed by atoms with Gasteiger partial charge in [-0.15, -0.1) is 0 Å². The fourth-order valence-corrected chi connectivity index (χ4v) is 9.13. The van der Waals surface area contributed by atoms with Gasteiger partial charge in [0.2, 0.25) is 41.4 Å². The van der Waals surface area contributed by atoms with Gasteiger partial charge in [-0.2, -0.15) is 0 Å². The second-order valence-electron chi connectivity index (χ2n) is 20.1. The molecule has 1 fully saturated rings. The third kappa shape index (κ3) is 16.1. The summed E-state index contributed by atoms with van der Waals surface area (Å²) in [6.45, 7) is 6.08. The number of carboxylic acids is 1. The number of hydrogen-bond acceptors (Lipinski definition) is 13. The van der Waals surface area contributed by atoms with Crippen LogP contribution in [0.15, 0.2) is 91.5 Å². The number of aliphatic hydroxyl groups is 1. The number of rotatable bonds is 26. The highest BCUT2D eigenvalue weighted by atomic mass is 16.4. The van der Waals surface area contributed by atoms with Crippen LogP contribution in [0, 0.1) is 11.8 Å². The van der Waals surface area contributed by atoms with Crippen molar-refractivity contribution in [3.8, 4) is 11.5 Å². The van der Waals surface area contributed by atoms with Gasteiger partial charge in [-0.25, -0.2) is 9.78 Å². The van der Waals surface area contributed by atoms with Crippen LogP contribution < -0.4 is 37.6 Å². The first-order valence-electron chi connectivity index (χ1n) is 25.5. The number of phenolic OH excluding ortho intramolecular Hbond substituents is 2. The van der Waals surface area contributed by atoms with E-state index in [2.05, 4.69) is 46.9 Å². The van der Waals surface area contributed by atoms with Crippen molar-refractivity contribution in [2.45, 2.75) is 121 Å². The molecule has 0 spiro atoms. The number of aromatic hydroxyl groups is 2. The molecule has 1 aliphatic rings. The smallest absolute Gasteiger partial charge is 0.326 e. The van der Waals surface area contributed by atoms with Gasteiger partial charge >= 0.3 is 5.97 Å². The van der Waals surface area contributed by atoms with Crippen molar-refractivity contribution in [3.63, 3.8) is 0 Å². The Hall–Kier alpha value is -8.31. The molecular formula is C54H69N11O12. The standard InChI is InChI=1S/C54H69N11O12/c1-29(2)20-40(50(72)64-46(30(3)4)54(76)77)59-48(70)41(21-31-11-15-35(67)16-12-31)60-49(71)42(22-32-13-17-36(68)18-14-32)61-52(74)45-10-7-19-65(45)53(75)43(24-34-26-56-28-58-34)62-51(73)44(27-66)63-47(69)38(55)23-33-25-57-39-9-6-5-8-37(33)39/h5-6,8-9,11-18,25-26,28-30,38,40-46,57,66-68H,7,10,19-24,27,55H2,1-4H3,(H,56,58)(H,59,70)(H,60,71)(H,61,74)(H,62,73)(H,63,69)(H,64,72)(H,76,77)/t38-,40-,41-,42-,43-,44-,45+,46-/m1/s1. The SMILES string of the molecule is CC(C)C[C@@H](NC(=O)[C@@H](Cc1ccc(O)cc1)NC(=O)[C@@H](Cc1ccc(O)cc1)NC(=O)[C@@H]1CCCN1C(=O)[C@@H](Cc1cnc[nH]1)NC(=O)[C@@H](CO)NC(=O)[C@H](N)Cc1c[nH]c2ccccc12)C(=O)N[C@@H](C(=O)O)C(C)C. The highest BCUT2D eigenvalue weighted by molar-refractivity contribution is 5.98. The average Bonchev–Trinajstić information content (AvgIpc) is 4.20. The van der Waals surface area contributed by atoms with Gasteiger partial charge in [0, 0.05) is 54.8 Å². The Bertz CT molecular complexity index is 2840. The summed E-state index contributed by atoms with van der Waals surface area (Å²) in [5, 5.41) is 56.9. The zero-order valence-corrected chi connectivity index (χ0v) is 43.3. The molecule has 23 nitrogen and oxygen atoms in total. The lowest BCUT2D eigenvalue weighted by Crippen LogP contribution is -2.61. The number of carboxylic acid groups (broad SMARTS) is 1. The maximum atomic E-state index is 14.6. The summed E-state index contributed by atoms with van der Waals surface area (Å²) in [6, 6.07) is 8.64. The van der Waals surface area contributed by atoms with Crippen molar-refractivity contribution in [2.24, 2.45) is 17.6 Å². The number of aromatic amines is 2. The van der Waals surface area contributed by atoms with E-state index in [1.165, 1.54) is 66.0 Å². The number of hydrogen-bond donors (Lipinski definition) is 13. The molecule has 5 aromatic rings. The number of benzene rings is 3. The van der Waals surface area contributed by atoms with Crippen molar-refractivity contribution >= 4 is 58.2 Å². The van der Waals surface area contributed by atoms with Crippen LogP contribution >= 0.6 is 0 Å². The number of aliphatic carboxylic acids is 1. The Balaban J connectivity index is 1.21. The van der Waals surface area contributed by atoms with E-state index in [-0.39, 0.29) is 62.5 Å².